The summed E-state index contributed by atoms with van der Waals surface area (Å²) in [7, 11) is 0. The first-order valence-corrected chi connectivity index (χ1v) is 7.37. The Morgan fingerprint density at radius 2 is 2.09 bits per heavy atom. The van der Waals surface area contributed by atoms with Gasteiger partial charge in [0.15, 0.2) is 5.69 Å². The van der Waals surface area contributed by atoms with Crippen molar-refractivity contribution < 1.29 is 14.3 Å². The van der Waals surface area contributed by atoms with Gasteiger partial charge >= 0.3 is 5.97 Å². The molecule has 0 aliphatic carbocycles. The summed E-state index contributed by atoms with van der Waals surface area (Å²) in [5.74, 6) is 0.393. The molecule has 0 amide bonds. The van der Waals surface area contributed by atoms with Crippen LogP contribution in [-0.2, 0) is 0 Å². The molecule has 2 aromatic heterocycles. The minimum Gasteiger partial charge on any atom is -0.477 e. The van der Waals surface area contributed by atoms with Crippen LogP contribution in [0.25, 0.3) is 0 Å². The fourth-order valence-electron chi connectivity index (χ4n) is 2.41. The van der Waals surface area contributed by atoms with E-state index in [9.17, 15) is 4.79 Å². The highest BCUT2D eigenvalue weighted by molar-refractivity contribution is 5.85. The van der Waals surface area contributed by atoms with Crippen LogP contribution in [0.2, 0.25) is 0 Å². The lowest BCUT2D eigenvalue weighted by Gasteiger charge is -2.28. The molecule has 2 N–H and O–H groups in total. The Hall–Kier alpha value is -2.34. The van der Waals surface area contributed by atoms with E-state index in [4.69, 9.17) is 9.52 Å². The summed E-state index contributed by atoms with van der Waals surface area (Å²) < 4.78 is 5.53. The largest absolute Gasteiger partial charge is 0.477 e. The van der Waals surface area contributed by atoms with Crippen molar-refractivity contribution in [2.75, 3.05) is 25.0 Å². The zero-order chi connectivity index (χ0) is 15.9. The number of carboxylic acid groups (broad SMARTS) is 1. The zero-order valence-corrected chi connectivity index (χ0v) is 12.8. The molecule has 6 nitrogen and oxygen atoms in total. The Kier molecular flexibility index (Phi) is 5.55. The van der Waals surface area contributed by atoms with Crippen molar-refractivity contribution >= 4 is 11.8 Å². The van der Waals surface area contributed by atoms with Gasteiger partial charge < -0.3 is 14.8 Å². The van der Waals surface area contributed by atoms with Crippen LogP contribution in [0, 0.1) is 0 Å². The molecule has 0 aliphatic heterocycles. The molecule has 0 radical (unpaired) electrons. The van der Waals surface area contributed by atoms with Gasteiger partial charge in [-0.05, 0) is 37.4 Å². The van der Waals surface area contributed by atoms with E-state index in [-0.39, 0.29) is 11.7 Å². The van der Waals surface area contributed by atoms with Crippen molar-refractivity contribution in [2.45, 2.75) is 19.9 Å². The maximum atomic E-state index is 11.0. The third-order valence-electron chi connectivity index (χ3n) is 3.57. The molecular formula is C16H21N3O3. The molecule has 0 bridgehead atoms. The number of aromatic nitrogens is 1. The number of carbonyl (C=O) groups is 1. The Bertz CT molecular complexity index is 594. The summed E-state index contributed by atoms with van der Waals surface area (Å²) in [4.78, 5) is 17.3. The first kappa shape index (κ1) is 16.0. The molecule has 6 heteroatoms. The highest BCUT2D eigenvalue weighted by Crippen LogP contribution is 2.21. The molecule has 22 heavy (non-hydrogen) atoms. The van der Waals surface area contributed by atoms with Gasteiger partial charge in [0.05, 0.1) is 12.3 Å². The number of pyridine rings is 1. The van der Waals surface area contributed by atoms with Crippen LogP contribution in [0.5, 0.6) is 0 Å². The summed E-state index contributed by atoms with van der Waals surface area (Å²) in [6, 6.07) is 8.80. The molecule has 0 fully saturated rings. The van der Waals surface area contributed by atoms with Crippen molar-refractivity contribution in [3.8, 4) is 0 Å². The number of rotatable bonds is 8. The molecule has 2 aromatic rings. The molecule has 0 aliphatic rings. The fraction of sp³-hybridized carbons (Fsp3) is 0.375. The van der Waals surface area contributed by atoms with Gasteiger partial charge in [0.2, 0.25) is 0 Å². The average molecular weight is 303 g/mol. The third-order valence-corrected chi connectivity index (χ3v) is 3.57. The van der Waals surface area contributed by atoms with Crippen LogP contribution < -0.4 is 5.32 Å². The second kappa shape index (κ2) is 7.61. The molecule has 0 aromatic carbocycles. The maximum Gasteiger partial charge on any atom is 0.354 e. The predicted octanol–water partition coefficient (Wildman–Crippen LogP) is 2.87. The number of hydrogen-bond donors (Lipinski definition) is 2. The zero-order valence-electron chi connectivity index (χ0n) is 12.8. The topological polar surface area (TPSA) is 78.6 Å². The number of nitrogens with zero attached hydrogens (tertiary/aromatic N) is 2. The van der Waals surface area contributed by atoms with Gasteiger partial charge in [-0.1, -0.05) is 19.9 Å². The molecular weight excluding hydrogens is 282 g/mol. The van der Waals surface area contributed by atoms with E-state index in [1.54, 1.807) is 18.4 Å². The summed E-state index contributed by atoms with van der Waals surface area (Å²) in [5.41, 5.74) is 0.0300. The number of hydrogen-bond acceptors (Lipinski definition) is 5. The van der Waals surface area contributed by atoms with E-state index >= 15 is 0 Å². The Labute approximate surface area is 129 Å². The standard InChI is InChI=1S/C16H21N3O3/c1-3-19(4-2)13(14-8-6-10-22-14)11-17-15-9-5-7-12(18-15)16(20)21/h5-10,13H,3-4,11H2,1-2H3,(H,17,18)(H,20,21). The molecule has 118 valence electrons. The summed E-state index contributed by atoms with van der Waals surface area (Å²) in [5, 5.41) is 12.2. The highest BCUT2D eigenvalue weighted by Gasteiger charge is 2.20. The van der Waals surface area contributed by atoms with Crippen LogP contribution in [0.15, 0.2) is 41.0 Å². The van der Waals surface area contributed by atoms with Gasteiger partial charge in [-0.2, -0.15) is 0 Å². The molecule has 0 saturated carbocycles. The average Bonchev–Trinajstić information content (AvgIpc) is 3.05. The van der Waals surface area contributed by atoms with Crippen LogP contribution >= 0.6 is 0 Å². The predicted molar refractivity (Wildman–Crippen MR) is 84.1 cm³/mol. The normalized spacial score (nSPS) is 12.3. The van der Waals surface area contributed by atoms with E-state index in [0.29, 0.717) is 12.4 Å². The summed E-state index contributed by atoms with van der Waals surface area (Å²) >= 11 is 0. The van der Waals surface area contributed by atoms with Crippen molar-refractivity contribution in [3.63, 3.8) is 0 Å². The Morgan fingerprint density at radius 1 is 1.32 bits per heavy atom. The van der Waals surface area contributed by atoms with Crippen LogP contribution in [0.3, 0.4) is 0 Å². The van der Waals surface area contributed by atoms with Crippen molar-refractivity contribution in [3.05, 3.63) is 48.0 Å². The molecule has 2 rings (SSSR count). The van der Waals surface area contributed by atoms with Gasteiger partial charge in [0.1, 0.15) is 11.6 Å². The molecule has 1 atom stereocenters. The molecule has 2 heterocycles. The number of furan rings is 1. The third kappa shape index (κ3) is 3.85. The van der Waals surface area contributed by atoms with Crippen molar-refractivity contribution in [1.29, 1.82) is 0 Å². The molecule has 0 spiro atoms. The van der Waals surface area contributed by atoms with Crippen LogP contribution in [0.4, 0.5) is 5.82 Å². The van der Waals surface area contributed by atoms with Gasteiger partial charge in [-0.3, -0.25) is 4.90 Å². The van der Waals surface area contributed by atoms with Crippen molar-refractivity contribution in [1.82, 2.24) is 9.88 Å². The second-order valence-electron chi connectivity index (χ2n) is 4.85. The fourth-order valence-corrected chi connectivity index (χ4v) is 2.41. The number of anilines is 1. The minimum atomic E-state index is -1.03. The molecule has 0 saturated heterocycles. The lowest BCUT2D eigenvalue weighted by molar-refractivity contribution is 0.0690. The number of carboxylic acids is 1. The van der Waals surface area contributed by atoms with E-state index in [1.807, 2.05) is 12.1 Å². The van der Waals surface area contributed by atoms with E-state index < -0.39 is 5.97 Å². The lowest BCUT2D eigenvalue weighted by Crippen LogP contribution is -2.33. The SMILES string of the molecule is CCN(CC)C(CNc1cccc(C(=O)O)n1)c1ccco1. The molecule has 1 unspecified atom stereocenters. The summed E-state index contributed by atoms with van der Waals surface area (Å²) in [6.07, 6.45) is 1.66. The summed E-state index contributed by atoms with van der Waals surface area (Å²) in [6.45, 7) is 6.58. The van der Waals surface area contributed by atoms with E-state index in [2.05, 4.69) is 29.0 Å². The monoisotopic (exact) mass is 303 g/mol. The van der Waals surface area contributed by atoms with Gasteiger partial charge in [0, 0.05) is 6.54 Å². The van der Waals surface area contributed by atoms with Crippen LogP contribution in [0.1, 0.15) is 36.1 Å². The quantitative estimate of drug-likeness (QED) is 0.780. The van der Waals surface area contributed by atoms with Crippen LogP contribution in [-0.4, -0.2) is 40.6 Å². The lowest BCUT2D eigenvalue weighted by atomic mass is 10.2. The minimum absolute atomic E-state index is 0.0300. The Morgan fingerprint density at radius 3 is 2.68 bits per heavy atom. The van der Waals surface area contributed by atoms with Gasteiger partial charge in [-0.15, -0.1) is 0 Å². The first-order chi connectivity index (χ1) is 10.7. The van der Waals surface area contributed by atoms with Gasteiger partial charge in [-0.25, -0.2) is 9.78 Å². The number of aromatic carboxylic acids is 1. The highest BCUT2D eigenvalue weighted by atomic mass is 16.4. The van der Waals surface area contributed by atoms with Gasteiger partial charge in [0.25, 0.3) is 0 Å². The first-order valence-electron chi connectivity index (χ1n) is 7.37. The van der Waals surface area contributed by atoms with Crippen molar-refractivity contribution in [2.24, 2.45) is 0 Å². The number of nitrogens with one attached hydrogen (secondary N) is 1. The number of likely N-dealkylation sites (N-methyl/N-ethyl adjacent to an activating group) is 1. The van der Waals surface area contributed by atoms with E-state index in [1.165, 1.54) is 6.07 Å². The second-order valence-corrected chi connectivity index (χ2v) is 4.85. The smallest absolute Gasteiger partial charge is 0.354 e. The Balaban J connectivity index is 2.11. The van der Waals surface area contributed by atoms with E-state index in [0.717, 1.165) is 18.8 Å². The maximum absolute atomic E-state index is 11.0.